The standard InChI is InChI=1S/C21H24N4O5/c1-13-8-16(25-11-15(10-22)18(23)19(25)21(27)28-3)9-14(2)20(13)30-12-17(26)24-4-6-29-7-5-24/h8-9,11H,4-7,12,23H2,1-3H3. The van der Waals surface area contributed by atoms with Crippen LogP contribution in [0, 0.1) is 25.2 Å². The number of carbonyl (C=O) groups is 2. The highest BCUT2D eigenvalue weighted by Crippen LogP contribution is 2.30. The molecule has 1 aromatic heterocycles. The van der Waals surface area contributed by atoms with E-state index in [1.165, 1.54) is 17.9 Å². The minimum Gasteiger partial charge on any atom is -0.483 e. The molecule has 0 aliphatic carbocycles. The summed E-state index contributed by atoms with van der Waals surface area (Å²) in [4.78, 5) is 26.3. The lowest BCUT2D eigenvalue weighted by Crippen LogP contribution is -2.43. The van der Waals surface area contributed by atoms with Crippen LogP contribution < -0.4 is 10.5 Å². The van der Waals surface area contributed by atoms with Crippen molar-refractivity contribution in [3.8, 4) is 17.5 Å². The predicted octanol–water partition coefficient (Wildman–Crippen LogP) is 1.57. The van der Waals surface area contributed by atoms with Crippen LogP contribution in [0.2, 0.25) is 0 Å². The molecule has 1 amide bonds. The average molecular weight is 412 g/mol. The minimum absolute atomic E-state index is 0.0658. The first kappa shape index (κ1) is 21.2. The van der Waals surface area contributed by atoms with Gasteiger partial charge in [0.15, 0.2) is 12.3 Å². The van der Waals surface area contributed by atoms with Crippen LogP contribution in [0.25, 0.3) is 5.69 Å². The molecule has 1 aliphatic rings. The Morgan fingerprint density at radius 3 is 2.43 bits per heavy atom. The number of carbonyl (C=O) groups excluding carboxylic acids is 2. The number of aryl methyl sites for hydroxylation is 2. The van der Waals surface area contributed by atoms with Gasteiger partial charge in [0.1, 0.15) is 11.8 Å². The smallest absolute Gasteiger partial charge is 0.357 e. The quantitative estimate of drug-likeness (QED) is 0.740. The highest BCUT2D eigenvalue weighted by Gasteiger charge is 2.23. The summed E-state index contributed by atoms with van der Waals surface area (Å²) in [5, 5.41) is 9.28. The summed E-state index contributed by atoms with van der Waals surface area (Å²) in [5.41, 5.74) is 8.49. The molecule has 2 aromatic rings. The van der Waals surface area contributed by atoms with Gasteiger partial charge in [-0.25, -0.2) is 4.79 Å². The molecule has 3 rings (SSSR count). The lowest BCUT2D eigenvalue weighted by Gasteiger charge is -2.27. The number of hydrogen-bond acceptors (Lipinski definition) is 7. The van der Waals surface area contributed by atoms with Crippen molar-refractivity contribution >= 4 is 17.6 Å². The van der Waals surface area contributed by atoms with Crippen LogP contribution >= 0.6 is 0 Å². The number of esters is 1. The van der Waals surface area contributed by atoms with Crippen LogP contribution in [0.15, 0.2) is 18.3 Å². The maximum Gasteiger partial charge on any atom is 0.357 e. The van der Waals surface area contributed by atoms with Crippen molar-refractivity contribution in [1.82, 2.24) is 9.47 Å². The van der Waals surface area contributed by atoms with E-state index < -0.39 is 5.97 Å². The molecule has 0 unspecified atom stereocenters. The first-order valence-electron chi connectivity index (χ1n) is 9.46. The molecule has 0 bridgehead atoms. The van der Waals surface area contributed by atoms with Crippen LogP contribution in [-0.2, 0) is 14.3 Å². The molecule has 158 valence electrons. The van der Waals surface area contributed by atoms with Crippen molar-refractivity contribution in [2.75, 3.05) is 45.8 Å². The lowest BCUT2D eigenvalue weighted by molar-refractivity contribution is -0.137. The molecule has 1 fully saturated rings. The number of rotatable bonds is 5. The van der Waals surface area contributed by atoms with Gasteiger partial charge in [-0.05, 0) is 37.1 Å². The number of nitrogens with zero attached hydrogens (tertiary/aromatic N) is 3. The zero-order valence-electron chi connectivity index (χ0n) is 17.2. The third-order valence-corrected chi connectivity index (χ3v) is 4.97. The molecule has 2 N–H and O–H groups in total. The number of hydrogen-bond donors (Lipinski definition) is 1. The van der Waals surface area contributed by atoms with E-state index in [1.807, 2.05) is 19.9 Å². The minimum atomic E-state index is -0.638. The van der Waals surface area contributed by atoms with Gasteiger partial charge in [0, 0.05) is 25.0 Å². The molecule has 0 saturated carbocycles. The first-order valence-corrected chi connectivity index (χ1v) is 9.46. The maximum atomic E-state index is 12.4. The summed E-state index contributed by atoms with van der Waals surface area (Å²) in [5.74, 6) is -0.132. The van der Waals surface area contributed by atoms with Crippen molar-refractivity contribution in [3.63, 3.8) is 0 Å². The fourth-order valence-corrected chi connectivity index (χ4v) is 3.45. The van der Waals surface area contributed by atoms with Gasteiger partial charge >= 0.3 is 5.97 Å². The number of benzene rings is 1. The van der Waals surface area contributed by atoms with Crippen LogP contribution in [0.5, 0.6) is 5.75 Å². The third-order valence-electron chi connectivity index (χ3n) is 4.97. The van der Waals surface area contributed by atoms with Crippen molar-refractivity contribution in [3.05, 3.63) is 40.7 Å². The summed E-state index contributed by atoms with van der Waals surface area (Å²) in [6.45, 7) is 5.82. The molecule has 2 heterocycles. The van der Waals surface area contributed by atoms with E-state index in [9.17, 15) is 14.9 Å². The number of amides is 1. The van der Waals surface area contributed by atoms with E-state index in [0.717, 1.165) is 11.1 Å². The monoisotopic (exact) mass is 412 g/mol. The number of nitrogens with two attached hydrogens (primary N) is 1. The molecule has 0 radical (unpaired) electrons. The van der Waals surface area contributed by atoms with Crippen LogP contribution in [0.3, 0.4) is 0 Å². The largest absolute Gasteiger partial charge is 0.483 e. The van der Waals surface area contributed by atoms with E-state index in [0.29, 0.717) is 37.7 Å². The molecule has 9 heteroatoms. The Bertz CT molecular complexity index is 992. The van der Waals surface area contributed by atoms with E-state index >= 15 is 0 Å². The second-order valence-corrected chi connectivity index (χ2v) is 6.97. The zero-order chi connectivity index (χ0) is 21.8. The maximum absolute atomic E-state index is 12.4. The Kier molecular flexibility index (Phi) is 6.28. The molecule has 9 nitrogen and oxygen atoms in total. The van der Waals surface area contributed by atoms with Crippen LogP contribution in [0.4, 0.5) is 5.69 Å². The van der Waals surface area contributed by atoms with Gasteiger partial charge in [-0.3, -0.25) is 4.79 Å². The van der Waals surface area contributed by atoms with Crippen molar-refractivity contribution in [2.45, 2.75) is 13.8 Å². The second-order valence-electron chi connectivity index (χ2n) is 6.97. The Morgan fingerprint density at radius 2 is 1.87 bits per heavy atom. The van der Waals surface area contributed by atoms with E-state index in [4.69, 9.17) is 19.9 Å². The number of nitriles is 1. The number of morpholine rings is 1. The lowest BCUT2D eigenvalue weighted by atomic mass is 10.1. The van der Waals surface area contributed by atoms with Gasteiger partial charge in [0.25, 0.3) is 5.91 Å². The number of ether oxygens (including phenoxy) is 3. The number of nitrogen functional groups attached to an aromatic ring is 1. The summed E-state index contributed by atoms with van der Waals surface area (Å²) in [7, 11) is 1.25. The summed E-state index contributed by atoms with van der Waals surface area (Å²) >= 11 is 0. The van der Waals surface area contributed by atoms with Gasteiger partial charge in [-0.2, -0.15) is 5.26 Å². The molecule has 0 atom stereocenters. The second kappa shape index (κ2) is 8.88. The zero-order valence-corrected chi connectivity index (χ0v) is 17.2. The molecule has 0 spiro atoms. The molecule has 30 heavy (non-hydrogen) atoms. The van der Waals surface area contributed by atoms with Crippen molar-refractivity contribution in [1.29, 1.82) is 5.26 Å². The van der Waals surface area contributed by atoms with Crippen molar-refractivity contribution < 1.29 is 23.8 Å². The molecular weight excluding hydrogens is 388 g/mol. The Hall–Kier alpha value is -3.51. The van der Waals surface area contributed by atoms with E-state index in [2.05, 4.69) is 0 Å². The number of anilines is 1. The van der Waals surface area contributed by atoms with Crippen LogP contribution in [-0.4, -0.2) is 61.4 Å². The molecule has 1 aromatic carbocycles. The van der Waals surface area contributed by atoms with Gasteiger partial charge in [-0.1, -0.05) is 0 Å². The fourth-order valence-electron chi connectivity index (χ4n) is 3.45. The number of methoxy groups -OCH3 is 1. The van der Waals surface area contributed by atoms with Gasteiger partial charge in [0.05, 0.1) is 31.6 Å². The van der Waals surface area contributed by atoms with Gasteiger partial charge in [-0.15, -0.1) is 0 Å². The molecular formula is C21H24N4O5. The van der Waals surface area contributed by atoms with Crippen molar-refractivity contribution in [2.24, 2.45) is 0 Å². The summed E-state index contributed by atoms with van der Waals surface area (Å²) in [6.07, 6.45) is 1.50. The van der Waals surface area contributed by atoms with E-state index in [-0.39, 0.29) is 29.5 Å². The highest BCUT2D eigenvalue weighted by molar-refractivity contribution is 5.96. The predicted molar refractivity (Wildman–Crippen MR) is 109 cm³/mol. The molecule has 1 saturated heterocycles. The van der Waals surface area contributed by atoms with Crippen LogP contribution in [0.1, 0.15) is 27.2 Å². The Balaban J connectivity index is 1.87. The number of aromatic nitrogens is 1. The fraction of sp³-hybridized carbons (Fsp3) is 0.381. The Labute approximate surface area is 174 Å². The van der Waals surface area contributed by atoms with Gasteiger partial charge in [0.2, 0.25) is 0 Å². The summed E-state index contributed by atoms with van der Waals surface area (Å²) in [6, 6.07) is 5.58. The SMILES string of the molecule is COC(=O)c1c(N)c(C#N)cn1-c1cc(C)c(OCC(=O)N2CCOCC2)c(C)c1. The van der Waals surface area contributed by atoms with E-state index in [1.54, 1.807) is 17.0 Å². The first-order chi connectivity index (χ1) is 14.4. The highest BCUT2D eigenvalue weighted by atomic mass is 16.5. The average Bonchev–Trinajstić information content (AvgIpc) is 3.09. The third kappa shape index (κ3) is 4.09. The topological polar surface area (TPSA) is 120 Å². The summed E-state index contributed by atoms with van der Waals surface area (Å²) < 4.78 is 17.4. The normalized spacial score (nSPS) is 13.6. The Morgan fingerprint density at radius 1 is 1.23 bits per heavy atom. The molecule has 1 aliphatic heterocycles. The van der Waals surface area contributed by atoms with Gasteiger partial charge < -0.3 is 29.4 Å².